The van der Waals surface area contributed by atoms with Gasteiger partial charge in [-0.05, 0) is 6.07 Å². The lowest BCUT2D eigenvalue weighted by molar-refractivity contribution is 1.24. The lowest BCUT2D eigenvalue weighted by atomic mass is 10.1. The fraction of sp³-hybridized carbons (Fsp3) is 0.100. The summed E-state index contributed by atoms with van der Waals surface area (Å²) in [4.78, 5) is 4.12. The number of alkyl halides is 3. The number of para-hydroxylation sites is 1. The van der Waals surface area contributed by atoms with Crippen molar-refractivity contribution in [3.05, 3.63) is 40.0 Å². The van der Waals surface area contributed by atoms with Gasteiger partial charge in [-0.1, -0.05) is 76.2 Å². The van der Waals surface area contributed by atoms with Gasteiger partial charge in [0.15, 0.2) is 0 Å². The third-order valence-corrected chi connectivity index (χ3v) is 3.35. The van der Waals surface area contributed by atoms with Crippen molar-refractivity contribution in [2.24, 2.45) is 0 Å². The number of pyridine rings is 1. The Labute approximate surface area is 117 Å². The lowest BCUT2D eigenvalue weighted by Gasteiger charge is -2.13. The molecule has 1 aromatic heterocycles. The molecule has 84 valence electrons. The first-order valence-electron chi connectivity index (χ1n) is 4.21. The molecule has 0 saturated heterocycles. The highest BCUT2D eigenvalue weighted by molar-refractivity contribution is 6.67. The second-order valence-electron chi connectivity index (χ2n) is 3.14. The molecule has 0 aliphatic carbocycles. The van der Waals surface area contributed by atoms with E-state index in [1.165, 1.54) is 0 Å². The Morgan fingerprint density at radius 1 is 1.06 bits per heavy atom. The van der Waals surface area contributed by atoms with E-state index < -0.39 is 3.79 Å². The van der Waals surface area contributed by atoms with Crippen LogP contribution in [-0.2, 0) is 3.79 Å². The summed E-state index contributed by atoms with van der Waals surface area (Å²) in [5.74, 6) is 0. The molecule has 2 aromatic rings. The predicted octanol–water partition coefficient (Wildman–Crippen LogP) is 5.37. The molecule has 0 spiro atoms. The second kappa shape index (κ2) is 4.40. The molecule has 2 rings (SSSR count). The molecule has 0 radical (unpaired) electrons. The van der Waals surface area contributed by atoms with Gasteiger partial charge in [-0.3, -0.25) is 0 Å². The van der Waals surface area contributed by atoms with Crippen LogP contribution in [0.25, 0.3) is 10.9 Å². The minimum atomic E-state index is -1.54. The molecule has 0 bridgehead atoms. The molecule has 1 heterocycles. The SMILES string of the molecule is Clc1cc2cccc(C(Cl)(Cl)Cl)c2nc1Cl. The van der Waals surface area contributed by atoms with Gasteiger partial charge >= 0.3 is 0 Å². The molecule has 1 nitrogen and oxygen atoms in total. The monoisotopic (exact) mass is 313 g/mol. The van der Waals surface area contributed by atoms with Crippen LogP contribution in [-0.4, -0.2) is 4.98 Å². The number of rotatable bonds is 0. The van der Waals surface area contributed by atoms with Crippen LogP contribution in [0.2, 0.25) is 10.2 Å². The molecule has 16 heavy (non-hydrogen) atoms. The first-order valence-corrected chi connectivity index (χ1v) is 6.10. The summed E-state index contributed by atoms with van der Waals surface area (Å²) in [6.07, 6.45) is 0. The minimum Gasteiger partial charge on any atom is -0.234 e. The summed E-state index contributed by atoms with van der Waals surface area (Å²) in [5, 5.41) is 1.34. The number of benzene rings is 1. The fourth-order valence-corrected chi connectivity index (χ4v) is 2.14. The van der Waals surface area contributed by atoms with Crippen molar-refractivity contribution in [2.75, 3.05) is 0 Å². The Hall–Kier alpha value is 0.0800. The van der Waals surface area contributed by atoms with Gasteiger partial charge in [-0.2, -0.15) is 0 Å². The van der Waals surface area contributed by atoms with Crippen molar-refractivity contribution in [3.63, 3.8) is 0 Å². The number of aromatic nitrogens is 1. The van der Waals surface area contributed by atoms with Gasteiger partial charge in [0.25, 0.3) is 0 Å². The summed E-state index contributed by atoms with van der Waals surface area (Å²) >= 11 is 29.2. The first-order chi connectivity index (χ1) is 7.39. The molecule has 0 aliphatic heterocycles. The van der Waals surface area contributed by atoms with E-state index in [-0.39, 0.29) is 5.15 Å². The highest BCUT2D eigenvalue weighted by Gasteiger charge is 2.26. The Kier molecular flexibility index (Phi) is 3.44. The first kappa shape index (κ1) is 12.5. The molecular weight excluding hydrogens is 311 g/mol. The normalized spacial score (nSPS) is 12.1. The average Bonchev–Trinajstić information content (AvgIpc) is 2.17. The van der Waals surface area contributed by atoms with E-state index in [2.05, 4.69) is 4.98 Å². The molecule has 0 unspecified atom stereocenters. The molecule has 0 saturated carbocycles. The van der Waals surface area contributed by atoms with Gasteiger partial charge < -0.3 is 0 Å². The summed E-state index contributed by atoms with van der Waals surface area (Å²) in [5.41, 5.74) is 1.02. The van der Waals surface area contributed by atoms with E-state index in [0.29, 0.717) is 16.1 Å². The molecule has 0 N–H and O–H groups in total. The van der Waals surface area contributed by atoms with E-state index in [4.69, 9.17) is 58.0 Å². The van der Waals surface area contributed by atoms with Crippen LogP contribution >= 0.6 is 58.0 Å². The van der Waals surface area contributed by atoms with E-state index in [1.807, 2.05) is 6.07 Å². The zero-order chi connectivity index (χ0) is 11.9. The van der Waals surface area contributed by atoms with Crippen molar-refractivity contribution >= 4 is 68.9 Å². The van der Waals surface area contributed by atoms with Crippen molar-refractivity contribution in [2.45, 2.75) is 3.79 Å². The minimum absolute atomic E-state index is 0.191. The highest BCUT2D eigenvalue weighted by Crippen LogP contribution is 2.41. The molecule has 0 atom stereocenters. The topological polar surface area (TPSA) is 12.9 Å². The highest BCUT2D eigenvalue weighted by atomic mass is 35.6. The Bertz CT molecular complexity index is 547. The Balaban J connectivity index is 2.82. The van der Waals surface area contributed by atoms with Gasteiger partial charge in [-0.25, -0.2) is 4.98 Å². The van der Waals surface area contributed by atoms with Crippen molar-refractivity contribution < 1.29 is 0 Å². The molecular formula is C10H4Cl5N. The Morgan fingerprint density at radius 3 is 2.38 bits per heavy atom. The van der Waals surface area contributed by atoms with Gasteiger partial charge in [0.05, 0.1) is 10.5 Å². The van der Waals surface area contributed by atoms with Crippen LogP contribution in [0.3, 0.4) is 0 Å². The predicted molar refractivity (Wildman–Crippen MR) is 71.0 cm³/mol. The van der Waals surface area contributed by atoms with Gasteiger partial charge in [0, 0.05) is 10.9 Å². The van der Waals surface area contributed by atoms with Crippen LogP contribution in [0.4, 0.5) is 0 Å². The number of fused-ring (bicyclic) bond motifs is 1. The van der Waals surface area contributed by atoms with Gasteiger partial charge in [0.1, 0.15) is 5.15 Å². The summed E-state index contributed by atoms with van der Waals surface area (Å²) in [6, 6.07) is 6.97. The van der Waals surface area contributed by atoms with Crippen molar-refractivity contribution in [3.8, 4) is 0 Å². The van der Waals surface area contributed by atoms with E-state index in [9.17, 15) is 0 Å². The summed E-state index contributed by atoms with van der Waals surface area (Å²) in [7, 11) is 0. The zero-order valence-corrected chi connectivity index (χ0v) is 11.4. The van der Waals surface area contributed by atoms with Crippen LogP contribution in [0.1, 0.15) is 5.56 Å². The number of halogens is 5. The largest absolute Gasteiger partial charge is 0.234 e. The van der Waals surface area contributed by atoms with E-state index in [1.54, 1.807) is 18.2 Å². The maximum atomic E-state index is 5.86. The fourth-order valence-electron chi connectivity index (χ4n) is 1.38. The average molecular weight is 315 g/mol. The van der Waals surface area contributed by atoms with Gasteiger partial charge in [-0.15, -0.1) is 0 Å². The molecule has 6 heteroatoms. The van der Waals surface area contributed by atoms with Crippen LogP contribution in [0.5, 0.6) is 0 Å². The molecule has 0 amide bonds. The van der Waals surface area contributed by atoms with Crippen molar-refractivity contribution in [1.82, 2.24) is 4.98 Å². The smallest absolute Gasteiger partial charge is 0.218 e. The lowest BCUT2D eigenvalue weighted by Crippen LogP contribution is -2.02. The zero-order valence-electron chi connectivity index (χ0n) is 7.65. The van der Waals surface area contributed by atoms with Gasteiger partial charge in [0.2, 0.25) is 3.79 Å². The standard InChI is InChI=1S/C10H4Cl5N/c11-7-4-5-2-1-3-6(10(13,14)15)8(5)16-9(7)12/h1-4H. The van der Waals surface area contributed by atoms with Crippen LogP contribution < -0.4 is 0 Å². The number of hydrogen-bond acceptors (Lipinski definition) is 1. The second-order valence-corrected chi connectivity index (χ2v) is 6.18. The Morgan fingerprint density at radius 2 is 1.75 bits per heavy atom. The number of nitrogens with zero attached hydrogens (tertiary/aromatic N) is 1. The van der Waals surface area contributed by atoms with E-state index in [0.717, 1.165) is 5.39 Å². The molecule has 1 aromatic carbocycles. The van der Waals surface area contributed by atoms with Crippen molar-refractivity contribution in [1.29, 1.82) is 0 Å². The van der Waals surface area contributed by atoms with E-state index >= 15 is 0 Å². The maximum absolute atomic E-state index is 5.86. The summed E-state index contributed by atoms with van der Waals surface area (Å²) in [6.45, 7) is 0. The third kappa shape index (κ3) is 2.34. The van der Waals surface area contributed by atoms with Crippen LogP contribution in [0, 0.1) is 0 Å². The number of hydrogen-bond donors (Lipinski definition) is 0. The molecule has 0 aliphatic rings. The maximum Gasteiger partial charge on any atom is 0.218 e. The third-order valence-electron chi connectivity index (χ3n) is 2.06. The quantitative estimate of drug-likeness (QED) is 0.470. The van der Waals surface area contributed by atoms with Crippen LogP contribution in [0.15, 0.2) is 24.3 Å². The molecule has 0 fully saturated rings. The summed E-state index contributed by atoms with van der Waals surface area (Å²) < 4.78 is -1.54.